The maximum atomic E-state index is 12.8. The van der Waals surface area contributed by atoms with Gasteiger partial charge in [0.05, 0.1) is 5.69 Å². The van der Waals surface area contributed by atoms with Gasteiger partial charge >= 0.3 is 0 Å². The minimum absolute atomic E-state index is 0.252. The standard InChI is InChI=1S/C17H13N2O4/c20-11(7-8-15(21)14-6-3-9-18-14)10-17(23)12-4-1-2-5-13(12)19-16(17)22/h1-9,18H,10H2,(H,19,22)/q-1/b8-7+/t17-/m1/s1. The summed E-state index contributed by atoms with van der Waals surface area (Å²) in [5.74, 6) is -1.71. The zero-order valence-corrected chi connectivity index (χ0v) is 12.0. The van der Waals surface area contributed by atoms with Crippen LogP contribution in [0.5, 0.6) is 0 Å². The molecule has 0 saturated heterocycles. The number of allylic oxidation sites excluding steroid dienone is 2. The van der Waals surface area contributed by atoms with Crippen LogP contribution in [0.1, 0.15) is 22.5 Å². The van der Waals surface area contributed by atoms with Crippen molar-refractivity contribution in [2.24, 2.45) is 0 Å². The third-order valence-electron chi connectivity index (χ3n) is 3.68. The highest BCUT2D eigenvalue weighted by molar-refractivity contribution is 6.10. The number of fused-ring (bicyclic) bond motifs is 1. The lowest BCUT2D eigenvalue weighted by Gasteiger charge is -2.32. The summed E-state index contributed by atoms with van der Waals surface area (Å²) < 4.78 is 0. The smallest absolute Gasteiger partial charge is 0.218 e. The van der Waals surface area contributed by atoms with E-state index in [0.717, 1.165) is 12.2 Å². The molecule has 1 aliphatic heterocycles. The van der Waals surface area contributed by atoms with E-state index in [4.69, 9.17) is 0 Å². The van der Waals surface area contributed by atoms with Gasteiger partial charge in [0.1, 0.15) is 0 Å². The number of para-hydroxylation sites is 1. The third kappa shape index (κ3) is 2.72. The molecule has 1 aromatic heterocycles. The van der Waals surface area contributed by atoms with Crippen molar-refractivity contribution in [2.45, 2.75) is 12.0 Å². The molecule has 2 aromatic rings. The van der Waals surface area contributed by atoms with Crippen LogP contribution in [0, 0.1) is 0 Å². The SMILES string of the molecule is O=C(/C=C/C(=O)c1ccc[nH]1)C[C@]1([O-])C(=O)Nc2ccccc21. The Kier molecular flexibility index (Phi) is 3.67. The lowest BCUT2D eigenvalue weighted by Crippen LogP contribution is -2.48. The van der Waals surface area contributed by atoms with E-state index in [0.29, 0.717) is 11.4 Å². The third-order valence-corrected chi connectivity index (χ3v) is 3.68. The fourth-order valence-corrected chi connectivity index (χ4v) is 2.51. The Balaban J connectivity index is 1.75. The first-order valence-electron chi connectivity index (χ1n) is 7.01. The zero-order chi connectivity index (χ0) is 16.4. The minimum Gasteiger partial charge on any atom is -0.839 e. The van der Waals surface area contributed by atoms with Gasteiger partial charge in [-0.1, -0.05) is 18.2 Å². The van der Waals surface area contributed by atoms with Crippen molar-refractivity contribution >= 4 is 23.2 Å². The van der Waals surface area contributed by atoms with Crippen LogP contribution in [0.2, 0.25) is 0 Å². The second-order valence-electron chi connectivity index (χ2n) is 5.25. The average molecular weight is 309 g/mol. The number of H-pyrrole nitrogens is 1. The van der Waals surface area contributed by atoms with Gasteiger partial charge in [0, 0.05) is 23.9 Å². The summed E-state index contributed by atoms with van der Waals surface area (Å²) in [5.41, 5.74) is -1.14. The number of anilines is 1. The lowest BCUT2D eigenvalue weighted by molar-refractivity contribution is -0.463. The van der Waals surface area contributed by atoms with Gasteiger partial charge < -0.3 is 15.4 Å². The zero-order valence-electron chi connectivity index (χ0n) is 12.0. The number of nitrogens with one attached hydrogen (secondary N) is 2. The van der Waals surface area contributed by atoms with Crippen LogP contribution in [0.4, 0.5) is 5.69 Å². The van der Waals surface area contributed by atoms with Gasteiger partial charge in [-0.25, -0.2) is 0 Å². The van der Waals surface area contributed by atoms with E-state index in [1.807, 2.05) is 0 Å². The largest absolute Gasteiger partial charge is 0.839 e. The quantitative estimate of drug-likeness (QED) is 0.633. The second kappa shape index (κ2) is 5.66. The Hall–Kier alpha value is -2.99. The van der Waals surface area contributed by atoms with Crippen LogP contribution in [0.15, 0.2) is 54.7 Å². The summed E-state index contributed by atoms with van der Waals surface area (Å²) in [4.78, 5) is 38.4. The van der Waals surface area contributed by atoms with Gasteiger partial charge in [-0.3, -0.25) is 14.4 Å². The molecule has 3 rings (SSSR count). The summed E-state index contributed by atoms with van der Waals surface area (Å²) in [6.45, 7) is 0. The van der Waals surface area contributed by atoms with Crippen molar-refractivity contribution in [1.29, 1.82) is 0 Å². The second-order valence-corrected chi connectivity index (χ2v) is 5.25. The topological polar surface area (TPSA) is 102 Å². The van der Waals surface area contributed by atoms with Crippen molar-refractivity contribution in [3.63, 3.8) is 0 Å². The number of carbonyl (C=O) groups excluding carboxylic acids is 3. The van der Waals surface area contributed by atoms with Crippen LogP contribution in [-0.4, -0.2) is 22.5 Å². The van der Waals surface area contributed by atoms with Crippen LogP contribution in [0.25, 0.3) is 0 Å². The fourth-order valence-electron chi connectivity index (χ4n) is 2.51. The number of rotatable bonds is 5. The summed E-state index contributed by atoms with van der Waals surface area (Å²) in [6.07, 6.45) is 3.19. The molecule has 1 amide bonds. The molecule has 1 aliphatic rings. The van der Waals surface area contributed by atoms with E-state index in [1.54, 1.807) is 36.5 Å². The van der Waals surface area contributed by atoms with Gasteiger partial charge in [-0.05, 0) is 35.9 Å². The van der Waals surface area contributed by atoms with Gasteiger partial charge in [0.15, 0.2) is 5.78 Å². The van der Waals surface area contributed by atoms with Crippen molar-refractivity contribution in [3.8, 4) is 0 Å². The number of benzene rings is 1. The van der Waals surface area contributed by atoms with E-state index in [9.17, 15) is 19.5 Å². The Bertz CT molecular complexity index is 808. The molecule has 2 N–H and O–H groups in total. The first kappa shape index (κ1) is 14.9. The maximum absolute atomic E-state index is 12.8. The number of aromatic nitrogens is 1. The van der Waals surface area contributed by atoms with Gasteiger partial charge in [-0.15, -0.1) is 0 Å². The summed E-state index contributed by atoms with van der Waals surface area (Å²) in [6, 6.07) is 9.72. The Labute approximate surface area is 131 Å². The van der Waals surface area contributed by atoms with Crippen LogP contribution in [-0.2, 0) is 15.2 Å². The number of hydrogen-bond donors (Lipinski definition) is 2. The van der Waals surface area contributed by atoms with Crippen LogP contribution < -0.4 is 10.4 Å². The lowest BCUT2D eigenvalue weighted by atomic mass is 9.90. The number of ketones is 2. The molecule has 23 heavy (non-hydrogen) atoms. The molecule has 0 fully saturated rings. The monoisotopic (exact) mass is 309 g/mol. The molecule has 2 heterocycles. The van der Waals surface area contributed by atoms with E-state index < -0.39 is 23.7 Å². The normalized spacial score (nSPS) is 19.6. The van der Waals surface area contributed by atoms with Gasteiger partial charge in [0.25, 0.3) is 0 Å². The molecule has 0 bridgehead atoms. The Morgan fingerprint density at radius 3 is 2.65 bits per heavy atom. The van der Waals surface area contributed by atoms with E-state index in [-0.39, 0.29) is 11.3 Å². The predicted molar refractivity (Wildman–Crippen MR) is 80.6 cm³/mol. The molecule has 116 valence electrons. The summed E-state index contributed by atoms with van der Waals surface area (Å²) in [7, 11) is 0. The molecule has 0 aliphatic carbocycles. The molecule has 0 spiro atoms. The average Bonchev–Trinajstić information content (AvgIpc) is 3.14. The first-order chi connectivity index (χ1) is 11.0. The molecular formula is C17H13N2O4-. The molecule has 0 radical (unpaired) electrons. The van der Waals surface area contributed by atoms with E-state index >= 15 is 0 Å². The van der Waals surface area contributed by atoms with E-state index in [2.05, 4.69) is 10.3 Å². The summed E-state index contributed by atoms with van der Waals surface area (Å²) in [5, 5.41) is 15.3. The van der Waals surface area contributed by atoms with Crippen molar-refractivity contribution in [2.75, 3.05) is 5.32 Å². The number of aromatic amines is 1. The molecule has 1 atom stereocenters. The molecule has 6 heteroatoms. The highest BCUT2D eigenvalue weighted by atomic mass is 16.3. The van der Waals surface area contributed by atoms with Crippen molar-refractivity contribution in [3.05, 3.63) is 66.0 Å². The number of carbonyl (C=O) groups is 3. The Morgan fingerprint density at radius 1 is 1.13 bits per heavy atom. The number of hydrogen-bond acceptors (Lipinski definition) is 4. The highest BCUT2D eigenvalue weighted by Crippen LogP contribution is 2.35. The van der Waals surface area contributed by atoms with Crippen LogP contribution >= 0.6 is 0 Å². The number of amides is 1. The van der Waals surface area contributed by atoms with Gasteiger partial charge in [-0.2, -0.15) is 0 Å². The van der Waals surface area contributed by atoms with Crippen molar-refractivity contribution in [1.82, 2.24) is 4.98 Å². The van der Waals surface area contributed by atoms with Crippen LogP contribution in [0.3, 0.4) is 0 Å². The maximum Gasteiger partial charge on any atom is 0.218 e. The molecule has 6 nitrogen and oxygen atoms in total. The predicted octanol–water partition coefficient (Wildman–Crippen LogP) is 0.921. The van der Waals surface area contributed by atoms with E-state index in [1.165, 1.54) is 6.07 Å². The molecule has 0 saturated carbocycles. The molecular weight excluding hydrogens is 296 g/mol. The summed E-state index contributed by atoms with van der Waals surface area (Å²) >= 11 is 0. The Morgan fingerprint density at radius 2 is 1.91 bits per heavy atom. The first-order valence-corrected chi connectivity index (χ1v) is 7.01. The minimum atomic E-state index is -2.16. The molecule has 0 unspecified atom stereocenters. The molecule has 1 aromatic carbocycles. The fraction of sp³-hybridized carbons (Fsp3) is 0.118. The highest BCUT2D eigenvalue weighted by Gasteiger charge is 2.37. The van der Waals surface area contributed by atoms with Crippen molar-refractivity contribution < 1.29 is 19.5 Å². The van der Waals surface area contributed by atoms with Gasteiger partial charge in [0.2, 0.25) is 11.7 Å².